The number of hydrogen-bond donors (Lipinski definition) is 0. The van der Waals surface area contributed by atoms with Gasteiger partial charge in [0.1, 0.15) is 5.75 Å². The number of likely N-dealkylation sites (tertiary alicyclic amines) is 1. The summed E-state index contributed by atoms with van der Waals surface area (Å²) in [6, 6.07) is 16.4. The number of amides is 3. The van der Waals surface area contributed by atoms with Crippen molar-refractivity contribution in [2.75, 3.05) is 40.3 Å². The summed E-state index contributed by atoms with van der Waals surface area (Å²) in [5, 5.41) is 0. The molecule has 0 spiro atoms. The number of nitrogens with zero attached hydrogens (tertiary/aromatic N) is 3. The van der Waals surface area contributed by atoms with Crippen molar-refractivity contribution >= 4 is 17.7 Å². The number of carbonyl (C=O) groups is 3. The van der Waals surface area contributed by atoms with Gasteiger partial charge in [-0.15, -0.1) is 0 Å². The van der Waals surface area contributed by atoms with Gasteiger partial charge in [0.2, 0.25) is 17.7 Å². The van der Waals surface area contributed by atoms with E-state index in [2.05, 4.69) is 29.2 Å². The van der Waals surface area contributed by atoms with Crippen molar-refractivity contribution in [2.24, 2.45) is 0 Å². The SMILES string of the molecule is COc1cccc([C@@]2(CC(=O)N3CCN([C@@H]4CCc5ccccc5C4)CC3)CC(=O)N(C)C2=O)c1. The van der Waals surface area contributed by atoms with E-state index in [1.165, 1.54) is 18.2 Å². The molecule has 184 valence electrons. The van der Waals surface area contributed by atoms with E-state index >= 15 is 0 Å². The molecule has 0 saturated carbocycles. The highest BCUT2D eigenvalue weighted by atomic mass is 16.5. The molecule has 7 heteroatoms. The van der Waals surface area contributed by atoms with Gasteiger partial charge in [-0.3, -0.25) is 24.2 Å². The van der Waals surface area contributed by atoms with Crippen LogP contribution in [-0.4, -0.2) is 78.8 Å². The number of fused-ring (bicyclic) bond motifs is 1. The van der Waals surface area contributed by atoms with Crippen LogP contribution in [0.15, 0.2) is 48.5 Å². The third-order valence-electron chi connectivity index (χ3n) is 8.12. The third kappa shape index (κ3) is 4.33. The van der Waals surface area contributed by atoms with Gasteiger partial charge < -0.3 is 9.64 Å². The quantitative estimate of drug-likeness (QED) is 0.622. The zero-order valence-electron chi connectivity index (χ0n) is 20.5. The molecule has 2 aromatic carbocycles. The van der Waals surface area contributed by atoms with Crippen LogP contribution in [0, 0.1) is 0 Å². The van der Waals surface area contributed by atoms with Crippen molar-refractivity contribution in [3.8, 4) is 5.75 Å². The van der Waals surface area contributed by atoms with Gasteiger partial charge in [0, 0.05) is 52.1 Å². The van der Waals surface area contributed by atoms with Crippen LogP contribution in [0.5, 0.6) is 5.75 Å². The highest BCUT2D eigenvalue weighted by Gasteiger charge is 2.53. The molecule has 5 rings (SSSR count). The Morgan fingerprint density at radius 2 is 1.77 bits per heavy atom. The molecule has 2 heterocycles. The van der Waals surface area contributed by atoms with E-state index in [1.807, 2.05) is 11.0 Å². The first-order valence-corrected chi connectivity index (χ1v) is 12.5. The molecule has 0 aromatic heterocycles. The number of aryl methyl sites for hydroxylation is 1. The first kappa shape index (κ1) is 23.5. The van der Waals surface area contributed by atoms with Crippen molar-refractivity contribution in [2.45, 2.75) is 43.6 Å². The largest absolute Gasteiger partial charge is 0.497 e. The molecule has 0 N–H and O–H groups in total. The molecular weight excluding hydrogens is 442 g/mol. The van der Waals surface area contributed by atoms with E-state index < -0.39 is 5.41 Å². The van der Waals surface area contributed by atoms with Gasteiger partial charge >= 0.3 is 0 Å². The van der Waals surface area contributed by atoms with Crippen LogP contribution in [0.3, 0.4) is 0 Å². The van der Waals surface area contributed by atoms with Crippen LogP contribution >= 0.6 is 0 Å². The molecule has 2 fully saturated rings. The van der Waals surface area contributed by atoms with Crippen LogP contribution in [0.25, 0.3) is 0 Å². The number of hydrogen-bond acceptors (Lipinski definition) is 5. The normalized spacial score (nSPS) is 25.0. The maximum absolute atomic E-state index is 13.5. The van der Waals surface area contributed by atoms with Crippen molar-refractivity contribution < 1.29 is 19.1 Å². The van der Waals surface area contributed by atoms with Crippen LogP contribution in [-0.2, 0) is 32.6 Å². The van der Waals surface area contributed by atoms with Gasteiger partial charge in [-0.1, -0.05) is 36.4 Å². The van der Waals surface area contributed by atoms with E-state index in [0.29, 0.717) is 30.4 Å². The van der Waals surface area contributed by atoms with Crippen LogP contribution in [0.4, 0.5) is 0 Å². The summed E-state index contributed by atoms with van der Waals surface area (Å²) < 4.78 is 5.35. The van der Waals surface area contributed by atoms with Gasteiger partial charge in [0.25, 0.3) is 0 Å². The predicted octanol–water partition coefficient (Wildman–Crippen LogP) is 2.41. The average Bonchev–Trinajstić information content (AvgIpc) is 3.12. The standard InChI is InChI=1S/C28H33N3O4/c1-29-25(32)18-28(27(29)34,22-8-5-9-24(17-22)35-2)19-26(33)31-14-12-30(13-15-31)23-11-10-20-6-3-4-7-21(20)16-23/h3-9,17,23H,10-16,18-19H2,1-2H3/t23-,28+/m1/s1. The average molecular weight is 476 g/mol. The molecular formula is C28H33N3O4. The zero-order chi connectivity index (χ0) is 24.6. The Morgan fingerprint density at radius 3 is 2.46 bits per heavy atom. The van der Waals surface area contributed by atoms with Crippen molar-refractivity contribution in [3.05, 3.63) is 65.2 Å². The van der Waals surface area contributed by atoms with Crippen molar-refractivity contribution in [3.63, 3.8) is 0 Å². The minimum absolute atomic E-state index is 0.00267. The Bertz CT molecular complexity index is 1140. The van der Waals surface area contributed by atoms with E-state index in [-0.39, 0.29) is 30.6 Å². The molecule has 1 aliphatic carbocycles. The number of likely N-dealkylation sites (N-methyl/N-ethyl adjacent to an activating group) is 1. The number of piperazine rings is 1. The fourth-order valence-corrected chi connectivity index (χ4v) is 5.97. The minimum atomic E-state index is -1.18. The Balaban J connectivity index is 1.28. The second-order valence-corrected chi connectivity index (χ2v) is 10.0. The minimum Gasteiger partial charge on any atom is -0.497 e. The van der Waals surface area contributed by atoms with Gasteiger partial charge in [-0.05, 0) is 48.1 Å². The lowest BCUT2D eigenvalue weighted by Gasteiger charge is -2.41. The third-order valence-corrected chi connectivity index (χ3v) is 8.12. The fraction of sp³-hybridized carbons (Fsp3) is 0.464. The maximum Gasteiger partial charge on any atom is 0.240 e. The molecule has 3 amide bonds. The summed E-state index contributed by atoms with van der Waals surface area (Å²) in [4.78, 5) is 44.9. The Labute approximate surface area is 206 Å². The molecule has 2 atom stereocenters. The number of methoxy groups -OCH3 is 1. The number of carbonyl (C=O) groups excluding carboxylic acids is 3. The van der Waals surface area contributed by atoms with Crippen LogP contribution in [0.1, 0.15) is 36.0 Å². The molecule has 3 aliphatic rings. The number of imide groups is 1. The summed E-state index contributed by atoms with van der Waals surface area (Å²) in [7, 11) is 3.06. The summed E-state index contributed by atoms with van der Waals surface area (Å²) in [6.45, 7) is 2.95. The predicted molar refractivity (Wildman–Crippen MR) is 132 cm³/mol. The van der Waals surface area contributed by atoms with E-state index in [4.69, 9.17) is 4.74 Å². The molecule has 2 saturated heterocycles. The monoisotopic (exact) mass is 475 g/mol. The molecule has 2 aromatic rings. The first-order chi connectivity index (χ1) is 16.9. The lowest BCUT2D eigenvalue weighted by molar-refractivity contribution is -0.142. The summed E-state index contributed by atoms with van der Waals surface area (Å²) in [5.41, 5.74) is 2.38. The molecule has 7 nitrogen and oxygen atoms in total. The Morgan fingerprint density at radius 1 is 1.03 bits per heavy atom. The number of benzene rings is 2. The Hall–Kier alpha value is -3.19. The molecule has 0 unspecified atom stereocenters. The molecule has 2 aliphatic heterocycles. The van der Waals surface area contributed by atoms with Crippen LogP contribution < -0.4 is 4.74 Å². The lowest BCUT2D eigenvalue weighted by Crippen LogP contribution is -2.54. The van der Waals surface area contributed by atoms with E-state index in [0.717, 1.165) is 37.3 Å². The zero-order valence-corrected chi connectivity index (χ0v) is 20.5. The fourth-order valence-electron chi connectivity index (χ4n) is 5.97. The Kier molecular flexibility index (Phi) is 6.36. The first-order valence-electron chi connectivity index (χ1n) is 12.5. The highest BCUT2D eigenvalue weighted by molar-refractivity contribution is 6.10. The van der Waals surface area contributed by atoms with Gasteiger partial charge in [-0.2, -0.15) is 0 Å². The topological polar surface area (TPSA) is 70.2 Å². The smallest absolute Gasteiger partial charge is 0.240 e. The molecule has 0 bridgehead atoms. The second kappa shape index (κ2) is 9.46. The summed E-state index contributed by atoms with van der Waals surface area (Å²) in [5.74, 6) is -0.0404. The summed E-state index contributed by atoms with van der Waals surface area (Å²) >= 11 is 0. The number of rotatable bonds is 5. The number of ether oxygens (including phenoxy) is 1. The van der Waals surface area contributed by atoms with Crippen LogP contribution in [0.2, 0.25) is 0 Å². The summed E-state index contributed by atoms with van der Waals surface area (Å²) in [6.07, 6.45) is 3.31. The van der Waals surface area contributed by atoms with Gasteiger partial charge in [0.05, 0.1) is 12.5 Å². The molecule has 35 heavy (non-hydrogen) atoms. The molecule has 0 radical (unpaired) electrons. The van der Waals surface area contributed by atoms with Gasteiger partial charge in [-0.25, -0.2) is 0 Å². The van der Waals surface area contributed by atoms with E-state index in [9.17, 15) is 14.4 Å². The van der Waals surface area contributed by atoms with E-state index in [1.54, 1.807) is 25.3 Å². The lowest BCUT2D eigenvalue weighted by atomic mass is 9.75. The second-order valence-electron chi connectivity index (χ2n) is 10.0. The maximum atomic E-state index is 13.5. The van der Waals surface area contributed by atoms with Gasteiger partial charge in [0.15, 0.2) is 0 Å². The van der Waals surface area contributed by atoms with Crippen molar-refractivity contribution in [1.29, 1.82) is 0 Å². The van der Waals surface area contributed by atoms with Crippen molar-refractivity contribution in [1.82, 2.24) is 14.7 Å². The highest BCUT2D eigenvalue weighted by Crippen LogP contribution is 2.41.